The highest BCUT2D eigenvalue weighted by atomic mass is 35.5. The first-order chi connectivity index (χ1) is 23.8. The summed E-state index contributed by atoms with van der Waals surface area (Å²) in [6.07, 6.45) is 2.38. The normalized spacial score (nSPS) is 11.6. The van der Waals surface area contributed by atoms with Crippen molar-refractivity contribution in [2.24, 2.45) is 0 Å². The number of ether oxygens (including phenoxy) is 1. The topological polar surface area (TPSA) is 136 Å². The average molecular weight is 709 g/mol. The Morgan fingerprint density at radius 3 is 2.30 bits per heavy atom. The van der Waals surface area contributed by atoms with Gasteiger partial charge in [0.2, 0.25) is 5.95 Å². The van der Waals surface area contributed by atoms with Gasteiger partial charge in [0.05, 0.1) is 27.3 Å². The van der Waals surface area contributed by atoms with Crippen molar-refractivity contribution in [3.8, 4) is 11.3 Å². The number of hydrogen-bond donors (Lipinski definition) is 2. The molecule has 0 aliphatic rings. The Morgan fingerprint density at radius 1 is 0.880 bits per heavy atom. The van der Waals surface area contributed by atoms with Crippen molar-refractivity contribution in [1.29, 1.82) is 0 Å². The number of carbonyl (C=O) groups excluding carboxylic acids is 2. The van der Waals surface area contributed by atoms with Crippen LogP contribution in [0, 0.1) is 0 Å². The molecule has 13 heteroatoms. The fourth-order valence-electron chi connectivity index (χ4n) is 5.21. The maximum atomic E-state index is 13.6. The second-order valence-electron chi connectivity index (χ2n) is 12.3. The van der Waals surface area contributed by atoms with Gasteiger partial charge in [0.25, 0.3) is 15.9 Å². The number of amides is 2. The average Bonchev–Trinajstić information content (AvgIpc) is 3.49. The first-order valence-electron chi connectivity index (χ1n) is 15.5. The number of anilines is 4. The molecule has 2 amide bonds. The molecule has 0 aliphatic carbocycles. The predicted octanol–water partition coefficient (Wildman–Crippen LogP) is 8.36. The van der Waals surface area contributed by atoms with Crippen molar-refractivity contribution < 1.29 is 22.7 Å². The van der Waals surface area contributed by atoms with Crippen molar-refractivity contribution in [1.82, 2.24) is 13.9 Å². The maximum absolute atomic E-state index is 13.6. The van der Waals surface area contributed by atoms with E-state index in [1.165, 1.54) is 21.3 Å². The zero-order valence-electron chi connectivity index (χ0n) is 27.6. The lowest BCUT2D eigenvalue weighted by molar-refractivity contribution is 0.0635. The fraction of sp³-hybridized carbons (Fsp3) is 0.135. The molecule has 254 valence electrons. The highest BCUT2D eigenvalue weighted by molar-refractivity contribution is 7.90. The summed E-state index contributed by atoms with van der Waals surface area (Å²) in [6.45, 7) is 5.33. The number of carbonyl (C=O) groups is 2. The summed E-state index contributed by atoms with van der Waals surface area (Å²) in [6, 6.07) is 29.0. The first-order valence-corrected chi connectivity index (χ1v) is 17.3. The number of nitrogens with one attached hydrogen (secondary N) is 2. The molecule has 2 N–H and O–H groups in total. The Morgan fingerprint density at radius 2 is 1.58 bits per heavy atom. The number of rotatable bonds is 8. The van der Waals surface area contributed by atoms with Crippen LogP contribution in [0.4, 0.5) is 27.8 Å². The zero-order valence-corrected chi connectivity index (χ0v) is 29.2. The van der Waals surface area contributed by atoms with Gasteiger partial charge in [-0.1, -0.05) is 54.1 Å². The fourth-order valence-corrected chi connectivity index (χ4v) is 6.79. The summed E-state index contributed by atoms with van der Waals surface area (Å²) >= 11 is 6.61. The van der Waals surface area contributed by atoms with E-state index in [-0.39, 0.29) is 21.8 Å². The van der Waals surface area contributed by atoms with Crippen molar-refractivity contribution in [3.63, 3.8) is 0 Å². The molecule has 0 saturated heterocycles. The second-order valence-corrected chi connectivity index (χ2v) is 14.5. The highest BCUT2D eigenvalue weighted by Gasteiger charge is 2.24. The maximum Gasteiger partial charge on any atom is 0.412 e. The Balaban J connectivity index is 1.23. The molecule has 0 unspecified atom stereocenters. The van der Waals surface area contributed by atoms with Gasteiger partial charge in [-0.2, -0.15) is 0 Å². The molecule has 6 aromatic rings. The molecule has 4 aromatic carbocycles. The Kier molecular flexibility index (Phi) is 9.33. The third kappa shape index (κ3) is 7.31. The molecule has 2 aromatic heterocycles. The predicted molar refractivity (Wildman–Crippen MR) is 196 cm³/mol. The summed E-state index contributed by atoms with van der Waals surface area (Å²) in [7, 11) is -2.26. The quantitative estimate of drug-likeness (QED) is 0.161. The van der Waals surface area contributed by atoms with E-state index in [2.05, 4.69) is 20.6 Å². The van der Waals surface area contributed by atoms with Gasteiger partial charge >= 0.3 is 6.09 Å². The SMILES string of the molecule is CN(C(=O)c1ccc(NC(=O)OC(C)(C)C)cc1)c1cccc(Nc2ncc(Cl)c(-c3cn(S(=O)(=O)c4ccccc4)c4ccccc34)n2)c1. The molecule has 0 fully saturated rings. The lowest BCUT2D eigenvalue weighted by atomic mass is 10.1. The number of aromatic nitrogens is 3. The molecule has 2 heterocycles. The number of nitrogens with zero attached hydrogens (tertiary/aromatic N) is 4. The van der Waals surface area contributed by atoms with Crippen LogP contribution in [0.2, 0.25) is 5.02 Å². The van der Waals surface area contributed by atoms with Gasteiger partial charge in [0, 0.05) is 46.8 Å². The first kappa shape index (κ1) is 34.2. The Bertz CT molecular complexity index is 2320. The molecule has 6 rings (SSSR count). The van der Waals surface area contributed by atoms with Crippen LogP contribution in [0.1, 0.15) is 31.1 Å². The van der Waals surface area contributed by atoms with Crippen LogP contribution in [0.25, 0.3) is 22.2 Å². The van der Waals surface area contributed by atoms with Crippen molar-refractivity contribution in [2.45, 2.75) is 31.3 Å². The minimum absolute atomic E-state index is 0.152. The third-order valence-corrected chi connectivity index (χ3v) is 9.51. The molecule has 50 heavy (non-hydrogen) atoms. The molecule has 0 radical (unpaired) electrons. The van der Waals surface area contributed by atoms with E-state index in [0.29, 0.717) is 44.8 Å². The zero-order chi connectivity index (χ0) is 35.6. The van der Waals surface area contributed by atoms with Crippen LogP contribution in [0.5, 0.6) is 0 Å². The molecule has 0 aliphatic heterocycles. The van der Waals surface area contributed by atoms with Crippen LogP contribution in [-0.4, -0.2) is 47.0 Å². The lowest BCUT2D eigenvalue weighted by Gasteiger charge is -2.20. The van der Waals surface area contributed by atoms with Gasteiger partial charge in [-0.3, -0.25) is 10.1 Å². The molecule has 0 atom stereocenters. The van der Waals surface area contributed by atoms with Crippen LogP contribution >= 0.6 is 11.6 Å². The molecule has 11 nitrogen and oxygen atoms in total. The second kappa shape index (κ2) is 13.7. The van der Waals surface area contributed by atoms with Gasteiger partial charge < -0.3 is 15.0 Å². The molecule has 0 bridgehead atoms. The van der Waals surface area contributed by atoms with Gasteiger partial charge in [-0.25, -0.2) is 27.2 Å². The monoisotopic (exact) mass is 708 g/mol. The molecular formula is C37H33ClN6O5S. The van der Waals surface area contributed by atoms with Crippen LogP contribution in [0.15, 0.2) is 120 Å². The summed E-state index contributed by atoms with van der Waals surface area (Å²) in [4.78, 5) is 36.1. The number of fused-ring (bicyclic) bond motifs is 1. The van der Waals surface area contributed by atoms with E-state index < -0.39 is 21.7 Å². The van der Waals surface area contributed by atoms with E-state index in [4.69, 9.17) is 16.3 Å². The summed E-state index contributed by atoms with van der Waals surface area (Å²) in [5, 5.41) is 6.71. The van der Waals surface area contributed by atoms with Crippen LogP contribution in [-0.2, 0) is 14.8 Å². The van der Waals surface area contributed by atoms with Gasteiger partial charge in [0.15, 0.2) is 0 Å². The molecular weight excluding hydrogens is 676 g/mol. The van der Waals surface area contributed by atoms with E-state index in [0.717, 1.165) is 0 Å². The summed E-state index contributed by atoms with van der Waals surface area (Å²) in [5.41, 5.74) is 2.81. The number of halogens is 1. The Labute approximate surface area is 294 Å². The minimum Gasteiger partial charge on any atom is -0.444 e. The largest absolute Gasteiger partial charge is 0.444 e. The van der Waals surface area contributed by atoms with Gasteiger partial charge in [0.1, 0.15) is 5.60 Å². The highest BCUT2D eigenvalue weighted by Crippen LogP contribution is 2.36. The van der Waals surface area contributed by atoms with Crippen molar-refractivity contribution in [3.05, 3.63) is 126 Å². The van der Waals surface area contributed by atoms with Gasteiger partial charge in [-0.15, -0.1) is 0 Å². The molecule has 0 saturated carbocycles. The number of hydrogen-bond acceptors (Lipinski definition) is 8. The Hall–Kier alpha value is -5.72. The van der Waals surface area contributed by atoms with E-state index in [9.17, 15) is 18.0 Å². The van der Waals surface area contributed by atoms with Gasteiger partial charge in [-0.05, 0) is 81.4 Å². The van der Waals surface area contributed by atoms with E-state index in [1.807, 2.05) is 12.1 Å². The lowest BCUT2D eigenvalue weighted by Crippen LogP contribution is -2.27. The van der Waals surface area contributed by atoms with E-state index in [1.54, 1.807) is 119 Å². The summed E-state index contributed by atoms with van der Waals surface area (Å²) in [5.74, 6) is -0.0517. The molecule has 0 spiro atoms. The third-order valence-electron chi connectivity index (χ3n) is 7.55. The number of benzene rings is 4. The van der Waals surface area contributed by atoms with E-state index >= 15 is 0 Å². The minimum atomic E-state index is -3.92. The van der Waals surface area contributed by atoms with Crippen molar-refractivity contribution in [2.75, 3.05) is 22.6 Å². The standard InChI is InChI=1S/C37H33ClN6O5S/c1-37(2,3)49-36(46)41-25-19-17-24(18-20-25)34(45)43(4)27-12-10-11-26(21-27)40-35-39-22-31(38)33(42-35)30-23-44(32-16-9-8-15-29(30)32)50(47,48)28-13-6-5-7-14-28/h5-23H,1-4H3,(H,41,46)(H,39,40,42). The van der Waals surface area contributed by atoms with Crippen LogP contribution < -0.4 is 15.5 Å². The van der Waals surface area contributed by atoms with Crippen molar-refractivity contribution >= 4 is 67.5 Å². The smallest absolute Gasteiger partial charge is 0.412 e. The summed E-state index contributed by atoms with van der Waals surface area (Å²) < 4.78 is 33.8. The number of para-hydroxylation sites is 1. The van der Waals surface area contributed by atoms with Crippen LogP contribution in [0.3, 0.4) is 0 Å².